The highest BCUT2D eigenvalue weighted by molar-refractivity contribution is 9.10. The third-order valence-electron chi connectivity index (χ3n) is 1.51. The standard InChI is InChI=1S/C8H11BrN2/c1-10-7-5-3-4-6-8(7)11(2)9/h3-6,10H,1-2H3. The van der Waals surface area contributed by atoms with E-state index in [1.54, 1.807) is 0 Å². The van der Waals surface area contributed by atoms with Gasteiger partial charge in [0.05, 0.1) is 11.4 Å². The molecule has 0 saturated carbocycles. The molecule has 0 unspecified atom stereocenters. The second kappa shape index (κ2) is 3.62. The molecular formula is C8H11BrN2. The maximum atomic E-state index is 3.37. The van der Waals surface area contributed by atoms with E-state index in [0.29, 0.717) is 0 Å². The monoisotopic (exact) mass is 214 g/mol. The van der Waals surface area contributed by atoms with Crippen LogP contribution in [0.1, 0.15) is 0 Å². The van der Waals surface area contributed by atoms with E-state index < -0.39 is 0 Å². The molecule has 60 valence electrons. The van der Waals surface area contributed by atoms with Crippen LogP contribution in [0.5, 0.6) is 0 Å². The highest BCUT2D eigenvalue weighted by Crippen LogP contribution is 2.25. The molecule has 1 rings (SSSR count). The summed E-state index contributed by atoms with van der Waals surface area (Å²) in [5.41, 5.74) is 2.25. The summed E-state index contributed by atoms with van der Waals surface area (Å²) < 4.78 is 1.90. The molecule has 11 heavy (non-hydrogen) atoms. The van der Waals surface area contributed by atoms with Crippen LogP contribution in [-0.4, -0.2) is 14.1 Å². The van der Waals surface area contributed by atoms with Gasteiger partial charge in [-0.1, -0.05) is 12.1 Å². The maximum absolute atomic E-state index is 3.37. The molecule has 0 aliphatic heterocycles. The van der Waals surface area contributed by atoms with Crippen molar-refractivity contribution in [3.8, 4) is 0 Å². The second-order valence-corrected chi connectivity index (χ2v) is 3.31. The van der Waals surface area contributed by atoms with E-state index in [-0.39, 0.29) is 0 Å². The van der Waals surface area contributed by atoms with Crippen molar-refractivity contribution in [2.45, 2.75) is 0 Å². The van der Waals surface area contributed by atoms with E-state index in [1.165, 1.54) is 0 Å². The van der Waals surface area contributed by atoms with Crippen LogP contribution in [0.15, 0.2) is 24.3 Å². The van der Waals surface area contributed by atoms with Gasteiger partial charge in [-0.2, -0.15) is 0 Å². The minimum atomic E-state index is 1.12. The Morgan fingerprint density at radius 1 is 1.36 bits per heavy atom. The Labute approximate surface area is 75.5 Å². The van der Waals surface area contributed by atoms with Gasteiger partial charge in [-0.3, -0.25) is 0 Å². The number of nitrogens with one attached hydrogen (secondary N) is 1. The average molecular weight is 215 g/mol. The van der Waals surface area contributed by atoms with Crippen LogP contribution in [0.2, 0.25) is 0 Å². The Morgan fingerprint density at radius 3 is 2.45 bits per heavy atom. The lowest BCUT2D eigenvalue weighted by molar-refractivity contribution is 1.36. The van der Waals surface area contributed by atoms with Crippen molar-refractivity contribution < 1.29 is 0 Å². The van der Waals surface area contributed by atoms with Crippen LogP contribution in [0, 0.1) is 0 Å². The van der Waals surface area contributed by atoms with Gasteiger partial charge in [-0.25, -0.2) is 0 Å². The summed E-state index contributed by atoms with van der Waals surface area (Å²) in [5, 5.41) is 3.11. The lowest BCUT2D eigenvalue weighted by Crippen LogP contribution is -2.03. The molecule has 0 radical (unpaired) electrons. The van der Waals surface area contributed by atoms with Crippen molar-refractivity contribution in [3.05, 3.63) is 24.3 Å². The van der Waals surface area contributed by atoms with Crippen LogP contribution >= 0.6 is 16.1 Å². The van der Waals surface area contributed by atoms with Gasteiger partial charge in [-0.15, -0.1) is 0 Å². The van der Waals surface area contributed by atoms with E-state index >= 15 is 0 Å². The maximum Gasteiger partial charge on any atom is 0.0699 e. The highest BCUT2D eigenvalue weighted by Gasteiger charge is 2.00. The van der Waals surface area contributed by atoms with E-state index in [0.717, 1.165) is 11.4 Å². The van der Waals surface area contributed by atoms with Crippen LogP contribution in [-0.2, 0) is 0 Å². The predicted octanol–water partition coefficient (Wildman–Crippen LogP) is 2.47. The van der Waals surface area contributed by atoms with E-state index in [9.17, 15) is 0 Å². The van der Waals surface area contributed by atoms with Gasteiger partial charge in [-0.05, 0) is 12.1 Å². The molecule has 1 aromatic carbocycles. The molecule has 0 bridgehead atoms. The zero-order valence-electron chi connectivity index (χ0n) is 6.63. The molecule has 0 amide bonds. The van der Waals surface area contributed by atoms with Crippen molar-refractivity contribution in [3.63, 3.8) is 0 Å². The first kappa shape index (κ1) is 8.40. The normalized spacial score (nSPS) is 9.36. The second-order valence-electron chi connectivity index (χ2n) is 2.24. The third kappa shape index (κ3) is 1.87. The molecule has 1 N–H and O–H groups in total. The first-order chi connectivity index (χ1) is 5.25. The largest absolute Gasteiger partial charge is 0.386 e. The predicted molar refractivity (Wildman–Crippen MR) is 53.3 cm³/mol. The smallest absolute Gasteiger partial charge is 0.0699 e. The fourth-order valence-corrected chi connectivity index (χ4v) is 1.26. The first-order valence-corrected chi connectivity index (χ1v) is 4.13. The van der Waals surface area contributed by atoms with Crippen molar-refractivity contribution in [2.75, 3.05) is 23.3 Å². The quantitative estimate of drug-likeness (QED) is 0.762. The molecule has 0 saturated heterocycles. The summed E-state index contributed by atoms with van der Waals surface area (Å²) in [7, 11) is 3.87. The molecule has 2 nitrogen and oxygen atoms in total. The average Bonchev–Trinajstić information content (AvgIpc) is 2.04. The molecule has 0 aliphatic carbocycles. The zero-order valence-corrected chi connectivity index (χ0v) is 8.22. The Hall–Kier alpha value is -0.700. The molecule has 0 aliphatic rings. The van der Waals surface area contributed by atoms with E-state index in [2.05, 4.69) is 21.5 Å². The summed E-state index contributed by atoms with van der Waals surface area (Å²) in [6, 6.07) is 8.09. The summed E-state index contributed by atoms with van der Waals surface area (Å²) in [5.74, 6) is 0. The molecule has 0 fully saturated rings. The van der Waals surface area contributed by atoms with Gasteiger partial charge in [0.25, 0.3) is 0 Å². The number of nitrogens with zero attached hydrogens (tertiary/aromatic N) is 1. The fourth-order valence-electron chi connectivity index (χ4n) is 0.954. The van der Waals surface area contributed by atoms with Crippen LogP contribution < -0.4 is 9.24 Å². The topological polar surface area (TPSA) is 15.3 Å². The molecule has 0 spiro atoms. The number of para-hydroxylation sites is 2. The van der Waals surface area contributed by atoms with Crippen molar-refractivity contribution in [1.29, 1.82) is 0 Å². The van der Waals surface area contributed by atoms with Crippen LogP contribution in [0.25, 0.3) is 0 Å². The molecule has 0 atom stereocenters. The molecule has 1 aromatic rings. The van der Waals surface area contributed by atoms with Crippen molar-refractivity contribution in [1.82, 2.24) is 0 Å². The number of hydrogen-bond donors (Lipinski definition) is 1. The number of benzene rings is 1. The van der Waals surface area contributed by atoms with Gasteiger partial charge in [0, 0.05) is 30.2 Å². The van der Waals surface area contributed by atoms with Gasteiger partial charge in [0.1, 0.15) is 0 Å². The molecule has 3 heteroatoms. The number of anilines is 2. The number of hydrogen-bond acceptors (Lipinski definition) is 2. The Kier molecular flexibility index (Phi) is 2.76. The van der Waals surface area contributed by atoms with Gasteiger partial charge in [0.2, 0.25) is 0 Å². The fraction of sp³-hybridized carbons (Fsp3) is 0.250. The van der Waals surface area contributed by atoms with Crippen molar-refractivity contribution >= 4 is 27.5 Å². The minimum absolute atomic E-state index is 1.12. The Balaban J connectivity index is 3.02. The highest BCUT2D eigenvalue weighted by atomic mass is 79.9. The molecule has 0 heterocycles. The van der Waals surface area contributed by atoms with Gasteiger partial charge < -0.3 is 9.24 Å². The summed E-state index contributed by atoms with van der Waals surface area (Å²) in [6.07, 6.45) is 0. The third-order valence-corrected chi connectivity index (χ3v) is 1.89. The van der Waals surface area contributed by atoms with Crippen LogP contribution in [0.3, 0.4) is 0 Å². The minimum Gasteiger partial charge on any atom is -0.386 e. The number of halogens is 1. The SMILES string of the molecule is CNc1ccccc1N(C)Br. The van der Waals surface area contributed by atoms with E-state index in [4.69, 9.17) is 0 Å². The van der Waals surface area contributed by atoms with Crippen LogP contribution in [0.4, 0.5) is 11.4 Å². The van der Waals surface area contributed by atoms with Crippen molar-refractivity contribution in [2.24, 2.45) is 0 Å². The summed E-state index contributed by atoms with van der Waals surface area (Å²) in [4.78, 5) is 0. The lowest BCUT2D eigenvalue weighted by Gasteiger charge is -2.13. The van der Waals surface area contributed by atoms with Gasteiger partial charge >= 0.3 is 0 Å². The summed E-state index contributed by atoms with van der Waals surface area (Å²) in [6.45, 7) is 0. The Bertz CT molecular complexity index is 235. The van der Waals surface area contributed by atoms with E-state index in [1.807, 2.05) is 42.3 Å². The summed E-state index contributed by atoms with van der Waals surface area (Å²) >= 11 is 3.37. The lowest BCUT2D eigenvalue weighted by atomic mass is 10.3. The molecular weight excluding hydrogens is 204 g/mol. The first-order valence-electron chi connectivity index (χ1n) is 3.42. The Morgan fingerprint density at radius 2 is 2.00 bits per heavy atom. The zero-order chi connectivity index (χ0) is 8.27. The molecule has 0 aromatic heterocycles. The number of rotatable bonds is 2. The van der Waals surface area contributed by atoms with Gasteiger partial charge in [0.15, 0.2) is 0 Å².